The number of aromatic amines is 1. The van der Waals surface area contributed by atoms with Crippen LogP contribution in [0.1, 0.15) is 42.6 Å². The second kappa shape index (κ2) is 6.70. The number of amides is 2. The van der Waals surface area contributed by atoms with Crippen LogP contribution in [0.15, 0.2) is 12.3 Å². The van der Waals surface area contributed by atoms with E-state index in [1.54, 1.807) is 19.4 Å². The first-order chi connectivity index (χ1) is 11.2. The van der Waals surface area contributed by atoms with Gasteiger partial charge in [0.05, 0.1) is 12.0 Å². The van der Waals surface area contributed by atoms with Crippen molar-refractivity contribution in [3.05, 3.63) is 18.0 Å². The molecule has 1 aromatic heterocycles. The number of ether oxygens (including phenoxy) is 1. The van der Waals surface area contributed by atoms with Gasteiger partial charge in [-0.15, -0.1) is 0 Å². The van der Waals surface area contributed by atoms with Gasteiger partial charge in [-0.1, -0.05) is 0 Å². The summed E-state index contributed by atoms with van der Waals surface area (Å²) < 4.78 is 5.07. The number of carbonyl (C=O) groups is 2. The Balaban J connectivity index is 1.75. The van der Waals surface area contributed by atoms with Gasteiger partial charge < -0.3 is 14.5 Å². The first-order valence-electron chi connectivity index (χ1n) is 8.24. The summed E-state index contributed by atoms with van der Waals surface area (Å²) >= 11 is 0. The quantitative estimate of drug-likeness (QED) is 0.822. The highest BCUT2D eigenvalue weighted by atomic mass is 16.5. The Labute approximate surface area is 136 Å². The fraction of sp³-hybridized carbons (Fsp3) is 0.688. The van der Waals surface area contributed by atoms with Crippen LogP contribution in [-0.4, -0.2) is 70.7 Å². The highest BCUT2D eigenvalue weighted by Crippen LogP contribution is 2.38. The van der Waals surface area contributed by atoms with Crippen molar-refractivity contribution in [1.82, 2.24) is 20.0 Å². The van der Waals surface area contributed by atoms with Crippen molar-refractivity contribution in [2.75, 3.05) is 33.4 Å². The summed E-state index contributed by atoms with van der Waals surface area (Å²) in [7, 11) is 1.67. The SMILES string of the molecule is COCCCN1CC2(CCCCN2C(=O)c2ccn[nH]2)CC1=O. The summed E-state index contributed by atoms with van der Waals surface area (Å²) in [5, 5.41) is 6.62. The topological polar surface area (TPSA) is 78.5 Å². The van der Waals surface area contributed by atoms with Crippen LogP contribution in [0, 0.1) is 0 Å². The number of nitrogens with one attached hydrogen (secondary N) is 1. The third kappa shape index (κ3) is 3.10. The molecule has 1 aromatic rings. The minimum Gasteiger partial charge on any atom is -0.385 e. The fourth-order valence-corrected chi connectivity index (χ4v) is 3.78. The van der Waals surface area contributed by atoms with Crippen molar-refractivity contribution in [2.45, 2.75) is 37.6 Å². The third-order valence-corrected chi connectivity index (χ3v) is 4.92. The Bertz CT molecular complexity index is 560. The minimum atomic E-state index is -0.357. The first-order valence-corrected chi connectivity index (χ1v) is 8.24. The maximum Gasteiger partial charge on any atom is 0.272 e. The Kier molecular flexibility index (Phi) is 4.66. The molecule has 3 heterocycles. The lowest BCUT2D eigenvalue weighted by Crippen LogP contribution is -2.56. The molecule has 2 fully saturated rings. The molecule has 0 aromatic carbocycles. The van der Waals surface area contributed by atoms with Crippen molar-refractivity contribution in [1.29, 1.82) is 0 Å². The number of hydrogen-bond acceptors (Lipinski definition) is 4. The Hall–Kier alpha value is -1.89. The molecule has 1 N–H and O–H groups in total. The average Bonchev–Trinajstić information content (AvgIpc) is 3.17. The lowest BCUT2D eigenvalue weighted by atomic mass is 9.85. The molecule has 0 aliphatic carbocycles. The molecule has 2 saturated heterocycles. The van der Waals surface area contributed by atoms with Crippen LogP contribution in [0.3, 0.4) is 0 Å². The molecule has 2 aliphatic rings. The van der Waals surface area contributed by atoms with Crippen molar-refractivity contribution >= 4 is 11.8 Å². The second-order valence-electron chi connectivity index (χ2n) is 6.45. The van der Waals surface area contributed by atoms with Crippen LogP contribution in [-0.2, 0) is 9.53 Å². The van der Waals surface area contributed by atoms with E-state index in [0.717, 1.165) is 25.7 Å². The number of carbonyl (C=O) groups excluding carboxylic acids is 2. The molecule has 7 nitrogen and oxygen atoms in total. The Morgan fingerprint density at radius 3 is 3.09 bits per heavy atom. The fourth-order valence-electron chi connectivity index (χ4n) is 3.78. The summed E-state index contributed by atoms with van der Waals surface area (Å²) in [6, 6.07) is 1.69. The highest BCUT2D eigenvalue weighted by molar-refractivity contribution is 5.94. The molecular weight excluding hydrogens is 296 g/mol. The highest BCUT2D eigenvalue weighted by Gasteiger charge is 2.50. The van der Waals surface area contributed by atoms with E-state index in [0.29, 0.717) is 38.4 Å². The monoisotopic (exact) mass is 320 g/mol. The van der Waals surface area contributed by atoms with E-state index in [1.165, 1.54) is 0 Å². The van der Waals surface area contributed by atoms with Gasteiger partial charge >= 0.3 is 0 Å². The largest absolute Gasteiger partial charge is 0.385 e. The molecule has 7 heteroatoms. The van der Waals surface area contributed by atoms with E-state index >= 15 is 0 Å². The number of nitrogens with zero attached hydrogens (tertiary/aromatic N) is 3. The zero-order valence-electron chi connectivity index (χ0n) is 13.6. The summed E-state index contributed by atoms with van der Waals surface area (Å²) in [4.78, 5) is 29.0. The van der Waals surface area contributed by atoms with Crippen molar-refractivity contribution in [3.63, 3.8) is 0 Å². The average molecular weight is 320 g/mol. The maximum atomic E-state index is 12.8. The number of likely N-dealkylation sites (tertiary alicyclic amines) is 2. The molecule has 23 heavy (non-hydrogen) atoms. The predicted molar refractivity (Wildman–Crippen MR) is 83.9 cm³/mol. The van der Waals surface area contributed by atoms with E-state index in [9.17, 15) is 9.59 Å². The smallest absolute Gasteiger partial charge is 0.272 e. The third-order valence-electron chi connectivity index (χ3n) is 4.92. The molecule has 1 unspecified atom stereocenters. The summed E-state index contributed by atoms with van der Waals surface area (Å²) in [6.45, 7) is 2.68. The lowest BCUT2D eigenvalue weighted by Gasteiger charge is -2.44. The zero-order chi connectivity index (χ0) is 16.3. The van der Waals surface area contributed by atoms with Crippen LogP contribution in [0.4, 0.5) is 0 Å². The van der Waals surface area contributed by atoms with Gasteiger partial charge in [0.15, 0.2) is 0 Å². The maximum absolute atomic E-state index is 12.8. The van der Waals surface area contributed by atoms with Gasteiger partial charge in [-0.3, -0.25) is 14.7 Å². The first kappa shape index (κ1) is 16.0. The minimum absolute atomic E-state index is 0.0475. The van der Waals surface area contributed by atoms with Gasteiger partial charge in [0.25, 0.3) is 5.91 Å². The molecule has 2 aliphatic heterocycles. The Morgan fingerprint density at radius 2 is 2.35 bits per heavy atom. The van der Waals surface area contributed by atoms with E-state index in [1.807, 2.05) is 9.80 Å². The number of H-pyrrole nitrogens is 1. The molecule has 1 spiro atoms. The van der Waals surface area contributed by atoms with Crippen molar-refractivity contribution < 1.29 is 14.3 Å². The summed E-state index contributed by atoms with van der Waals surface area (Å²) in [5.41, 5.74) is 0.140. The van der Waals surface area contributed by atoms with Crippen molar-refractivity contribution in [3.8, 4) is 0 Å². The normalized spacial score (nSPS) is 24.7. The van der Waals surface area contributed by atoms with E-state index in [2.05, 4.69) is 10.2 Å². The number of hydrogen-bond donors (Lipinski definition) is 1. The van der Waals surface area contributed by atoms with Gasteiger partial charge in [-0.2, -0.15) is 5.10 Å². The molecule has 2 amide bonds. The molecular formula is C16H24N4O3. The molecule has 0 bridgehead atoms. The van der Waals surface area contributed by atoms with E-state index < -0.39 is 0 Å². The van der Waals surface area contributed by atoms with Gasteiger partial charge in [-0.25, -0.2) is 0 Å². The van der Waals surface area contributed by atoms with Crippen LogP contribution in [0.5, 0.6) is 0 Å². The molecule has 3 rings (SSSR count). The van der Waals surface area contributed by atoms with Crippen molar-refractivity contribution in [2.24, 2.45) is 0 Å². The molecule has 126 valence electrons. The standard InChI is InChI=1S/C16H24N4O3/c1-23-10-4-8-19-12-16(11-14(19)21)6-2-3-9-20(16)15(22)13-5-7-17-18-13/h5,7H,2-4,6,8-12H2,1H3,(H,17,18). The predicted octanol–water partition coefficient (Wildman–Crippen LogP) is 1.04. The van der Waals surface area contributed by atoms with Gasteiger partial charge in [-0.05, 0) is 31.7 Å². The lowest BCUT2D eigenvalue weighted by molar-refractivity contribution is -0.128. The molecule has 0 saturated carbocycles. The van der Waals surface area contributed by atoms with Crippen LogP contribution >= 0.6 is 0 Å². The number of piperidine rings is 1. The van der Waals surface area contributed by atoms with Crippen LogP contribution < -0.4 is 0 Å². The number of methoxy groups -OCH3 is 1. The molecule has 1 atom stereocenters. The van der Waals surface area contributed by atoms with E-state index in [4.69, 9.17) is 4.74 Å². The van der Waals surface area contributed by atoms with E-state index in [-0.39, 0.29) is 17.4 Å². The number of rotatable bonds is 5. The van der Waals surface area contributed by atoms with Gasteiger partial charge in [0.2, 0.25) is 5.91 Å². The molecule has 0 radical (unpaired) electrons. The Morgan fingerprint density at radius 1 is 1.48 bits per heavy atom. The van der Waals surface area contributed by atoms with Crippen LogP contribution in [0.25, 0.3) is 0 Å². The second-order valence-corrected chi connectivity index (χ2v) is 6.45. The van der Waals surface area contributed by atoms with Gasteiger partial charge in [0.1, 0.15) is 5.69 Å². The van der Waals surface area contributed by atoms with Crippen LogP contribution in [0.2, 0.25) is 0 Å². The zero-order valence-corrected chi connectivity index (χ0v) is 13.6. The summed E-state index contributed by atoms with van der Waals surface area (Å²) in [5.74, 6) is 0.0964. The number of aromatic nitrogens is 2. The van der Waals surface area contributed by atoms with Gasteiger partial charge in [0, 0.05) is 39.5 Å². The summed E-state index contributed by atoms with van der Waals surface area (Å²) in [6.07, 6.45) is 5.78.